The van der Waals surface area contributed by atoms with E-state index in [9.17, 15) is 9.59 Å². The number of aryl methyl sites for hydroxylation is 1. The Morgan fingerprint density at radius 2 is 1.83 bits per heavy atom. The van der Waals surface area contributed by atoms with Crippen LogP contribution in [-0.2, 0) is 0 Å². The number of piperidine rings is 1. The topological polar surface area (TPSA) is 78.1 Å². The van der Waals surface area contributed by atoms with Crippen LogP contribution in [0.4, 0.5) is 11.4 Å². The molecule has 0 saturated carbocycles. The summed E-state index contributed by atoms with van der Waals surface area (Å²) in [6.45, 7) is 4.09. The zero-order chi connectivity index (χ0) is 20.2. The number of nitrogens with one attached hydrogen (secondary N) is 2. The zero-order valence-corrected chi connectivity index (χ0v) is 16.4. The molecule has 0 bridgehead atoms. The molecule has 1 aromatic carbocycles. The van der Waals surface area contributed by atoms with Gasteiger partial charge in [-0.15, -0.1) is 0 Å². The van der Waals surface area contributed by atoms with Crippen molar-refractivity contribution in [3.05, 3.63) is 76.3 Å². The van der Waals surface area contributed by atoms with Crippen LogP contribution < -0.4 is 15.8 Å². The van der Waals surface area contributed by atoms with Crippen molar-refractivity contribution in [2.45, 2.75) is 26.2 Å². The Balaban J connectivity index is 1.52. The minimum absolute atomic E-state index is 0.205. The van der Waals surface area contributed by atoms with E-state index in [1.54, 1.807) is 30.6 Å². The highest BCUT2D eigenvalue weighted by atomic mass is 16.2. The number of aromatic amines is 1. The first-order chi connectivity index (χ1) is 14.1. The maximum absolute atomic E-state index is 12.7. The first-order valence-corrected chi connectivity index (χ1v) is 9.92. The highest BCUT2D eigenvalue weighted by Crippen LogP contribution is 2.21. The molecule has 1 aliphatic rings. The molecule has 1 amide bonds. The fourth-order valence-electron chi connectivity index (χ4n) is 3.59. The fraction of sp³-hybridized carbons (Fsp3) is 0.261. The monoisotopic (exact) mass is 388 g/mol. The number of pyridine rings is 2. The number of nitrogens with zero attached hydrogens (tertiary/aromatic N) is 2. The fourth-order valence-corrected chi connectivity index (χ4v) is 3.59. The average Bonchev–Trinajstić information content (AvgIpc) is 2.76. The molecule has 2 aromatic heterocycles. The molecule has 3 heterocycles. The highest BCUT2D eigenvalue weighted by Gasteiger charge is 2.13. The number of anilines is 2. The summed E-state index contributed by atoms with van der Waals surface area (Å²) in [6.07, 6.45) is 7.02. The number of amides is 1. The van der Waals surface area contributed by atoms with E-state index in [0.717, 1.165) is 35.6 Å². The molecular formula is C23H24N4O2. The number of hydrogen-bond donors (Lipinski definition) is 2. The maximum atomic E-state index is 12.7. The second kappa shape index (κ2) is 8.31. The number of hydrogen-bond acceptors (Lipinski definition) is 4. The third-order valence-corrected chi connectivity index (χ3v) is 5.21. The summed E-state index contributed by atoms with van der Waals surface area (Å²) in [4.78, 5) is 34.2. The van der Waals surface area contributed by atoms with Crippen LogP contribution >= 0.6 is 0 Å². The molecule has 0 spiro atoms. The van der Waals surface area contributed by atoms with Gasteiger partial charge in [-0.05, 0) is 74.2 Å². The summed E-state index contributed by atoms with van der Waals surface area (Å²) in [6, 6.07) is 13.0. The lowest BCUT2D eigenvalue weighted by molar-refractivity contribution is 0.102. The van der Waals surface area contributed by atoms with Gasteiger partial charge in [-0.2, -0.15) is 0 Å². The van der Waals surface area contributed by atoms with Crippen LogP contribution in [0.5, 0.6) is 0 Å². The second-order valence-electron chi connectivity index (χ2n) is 7.40. The van der Waals surface area contributed by atoms with Crippen LogP contribution in [0, 0.1) is 6.92 Å². The van der Waals surface area contributed by atoms with E-state index in [-0.39, 0.29) is 17.2 Å². The second-order valence-corrected chi connectivity index (χ2v) is 7.40. The van der Waals surface area contributed by atoms with E-state index in [1.807, 2.05) is 31.2 Å². The van der Waals surface area contributed by atoms with Crippen molar-refractivity contribution < 1.29 is 4.79 Å². The minimum atomic E-state index is -0.348. The van der Waals surface area contributed by atoms with Gasteiger partial charge in [0, 0.05) is 42.3 Å². The molecule has 0 aliphatic carbocycles. The molecule has 148 valence electrons. The van der Waals surface area contributed by atoms with Crippen LogP contribution in [-0.4, -0.2) is 29.0 Å². The Bertz CT molecular complexity index is 1070. The molecule has 0 atom stereocenters. The van der Waals surface area contributed by atoms with E-state index in [0.29, 0.717) is 5.56 Å². The maximum Gasteiger partial charge on any atom is 0.271 e. The lowest BCUT2D eigenvalue weighted by Crippen LogP contribution is -2.29. The van der Waals surface area contributed by atoms with Crippen LogP contribution in [0.3, 0.4) is 0 Å². The van der Waals surface area contributed by atoms with Crippen LogP contribution in [0.25, 0.3) is 11.3 Å². The average molecular weight is 388 g/mol. The van der Waals surface area contributed by atoms with Crippen molar-refractivity contribution in [3.8, 4) is 11.3 Å². The number of aromatic nitrogens is 2. The standard InChI is InChI=1S/C23H24N4O2/c1-16-9-10-24-20(13-16)18-14-21(23(29)25-15-18)26-22(28)17-5-7-19(8-6-17)27-11-3-2-4-12-27/h5-10,13-15H,2-4,11-12H2,1H3,(H,25,29)(H,26,28). The molecule has 1 aliphatic heterocycles. The molecule has 1 saturated heterocycles. The van der Waals surface area contributed by atoms with Crippen molar-refractivity contribution in [3.63, 3.8) is 0 Å². The van der Waals surface area contributed by atoms with Gasteiger partial charge < -0.3 is 15.2 Å². The summed E-state index contributed by atoms with van der Waals surface area (Å²) in [5.41, 5.74) is 4.05. The molecule has 2 N–H and O–H groups in total. The number of carbonyl (C=O) groups is 1. The van der Waals surface area contributed by atoms with E-state index >= 15 is 0 Å². The molecule has 3 aromatic rings. The molecule has 0 unspecified atom stereocenters. The molecule has 6 nitrogen and oxygen atoms in total. The Morgan fingerprint density at radius 1 is 1.07 bits per heavy atom. The van der Waals surface area contributed by atoms with Crippen LogP contribution in [0.2, 0.25) is 0 Å². The number of H-pyrrole nitrogens is 1. The van der Waals surface area contributed by atoms with Crippen LogP contribution in [0.15, 0.2) is 59.7 Å². The molecule has 1 fully saturated rings. The summed E-state index contributed by atoms with van der Waals surface area (Å²) in [5.74, 6) is -0.310. The smallest absolute Gasteiger partial charge is 0.271 e. The third kappa shape index (κ3) is 4.37. The van der Waals surface area contributed by atoms with E-state index in [1.165, 1.54) is 19.3 Å². The van der Waals surface area contributed by atoms with Gasteiger partial charge in [-0.3, -0.25) is 14.6 Å². The Hall–Kier alpha value is -3.41. The predicted octanol–water partition coefficient (Wildman–Crippen LogP) is 3.99. The first-order valence-electron chi connectivity index (χ1n) is 9.92. The Kier molecular flexibility index (Phi) is 5.42. The molecular weight excluding hydrogens is 364 g/mol. The normalized spacial score (nSPS) is 13.9. The summed E-state index contributed by atoms with van der Waals surface area (Å²) in [5, 5.41) is 2.73. The van der Waals surface area contributed by atoms with Gasteiger partial charge in [0.05, 0.1) is 5.69 Å². The highest BCUT2D eigenvalue weighted by molar-refractivity contribution is 6.04. The number of rotatable bonds is 4. The number of benzene rings is 1. The van der Waals surface area contributed by atoms with Gasteiger partial charge in [-0.1, -0.05) is 0 Å². The lowest BCUT2D eigenvalue weighted by atomic mass is 10.1. The largest absolute Gasteiger partial charge is 0.372 e. The lowest BCUT2D eigenvalue weighted by Gasteiger charge is -2.28. The van der Waals surface area contributed by atoms with Crippen molar-refractivity contribution in [1.82, 2.24) is 9.97 Å². The molecule has 0 radical (unpaired) electrons. The summed E-state index contributed by atoms with van der Waals surface area (Å²) in [7, 11) is 0. The minimum Gasteiger partial charge on any atom is -0.372 e. The van der Waals surface area contributed by atoms with Gasteiger partial charge in [0.25, 0.3) is 11.5 Å². The SMILES string of the molecule is Cc1ccnc(-c2c[nH]c(=O)c(NC(=O)c3ccc(N4CCCCC4)cc3)c2)c1. The van der Waals surface area contributed by atoms with Crippen molar-refractivity contribution >= 4 is 17.3 Å². The predicted molar refractivity (Wildman–Crippen MR) is 115 cm³/mol. The van der Waals surface area contributed by atoms with Crippen molar-refractivity contribution in [2.75, 3.05) is 23.3 Å². The van der Waals surface area contributed by atoms with Gasteiger partial charge >= 0.3 is 0 Å². The summed E-state index contributed by atoms with van der Waals surface area (Å²) < 4.78 is 0. The van der Waals surface area contributed by atoms with Gasteiger partial charge in [-0.25, -0.2) is 0 Å². The first kappa shape index (κ1) is 18.9. The zero-order valence-electron chi connectivity index (χ0n) is 16.4. The van der Waals surface area contributed by atoms with Gasteiger partial charge in [0.2, 0.25) is 0 Å². The molecule has 6 heteroatoms. The van der Waals surface area contributed by atoms with Crippen LogP contribution in [0.1, 0.15) is 35.2 Å². The molecule has 4 rings (SSSR count). The van der Waals surface area contributed by atoms with E-state index < -0.39 is 0 Å². The Labute approximate surface area is 169 Å². The number of carbonyl (C=O) groups excluding carboxylic acids is 1. The van der Waals surface area contributed by atoms with E-state index in [4.69, 9.17) is 0 Å². The van der Waals surface area contributed by atoms with Crippen molar-refractivity contribution in [1.29, 1.82) is 0 Å². The molecule has 29 heavy (non-hydrogen) atoms. The van der Waals surface area contributed by atoms with E-state index in [2.05, 4.69) is 20.2 Å². The Morgan fingerprint density at radius 3 is 2.55 bits per heavy atom. The third-order valence-electron chi connectivity index (χ3n) is 5.21. The summed E-state index contributed by atoms with van der Waals surface area (Å²) >= 11 is 0. The van der Waals surface area contributed by atoms with Gasteiger partial charge in [0.1, 0.15) is 5.69 Å². The quantitative estimate of drug-likeness (QED) is 0.708. The van der Waals surface area contributed by atoms with Crippen molar-refractivity contribution in [2.24, 2.45) is 0 Å². The van der Waals surface area contributed by atoms with Gasteiger partial charge in [0.15, 0.2) is 0 Å².